The van der Waals surface area contributed by atoms with E-state index in [0.717, 1.165) is 11.4 Å². The van der Waals surface area contributed by atoms with Gasteiger partial charge in [0.15, 0.2) is 0 Å². The van der Waals surface area contributed by atoms with Crippen molar-refractivity contribution in [3.63, 3.8) is 0 Å². The van der Waals surface area contributed by atoms with Crippen molar-refractivity contribution in [1.29, 1.82) is 0 Å². The molecule has 0 aliphatic carbocycles. The molecule has 1 heterocycles. The van der Waals surface area contributed by atoms with Gasteiger partial charge < -0.3 is 10.6 Å². The van der Waals surface area contributed by atoms with Gasteiger partial charge in [-0.05, 0) is 46.2 Å². The third-order valence-electron chi connectivity index (χ3n) is 3.02. The molecule has 1 rings (SSSR count). The predicted octanol–water partition coefficient (Wildman–Crippen LogP) is 2.26. The molecule has 0 unspecified atom stereocenters. The van der Waals surface area contributed by atoms with E-state index in [9.17, 15) is 4.79 Å². The first-order valence-electron chi connectivity index (χ1n) is 6.81. The summed E-state index contributed by atoms with van der Waals surface area (Å²) in [7, 11) is 0. The van der Waals surface area contributed by atoms with Gasteiger partial charge in [-0.25, -0.2) is 0 Å². The van der Waals surface area contributed by atoms with Crippen LogP contribution in [0.4, 0.5) is 0 Å². The van der Waals surface area contributed by atoms with Gasteiger partial charge in [0, 0.05) is 24.2 Å². The molecule has 0 saturated heterocycles. The zero-order valence-corrected chi connectivity index (χ0v) is 12.4. The Morgan fingerprint density at radius 2 is 2.11 bits per heavy atom. The zero-order valence-electron chi connectivity index (χ0n) is 12.4. The van der Waals surface area contributed by atoms with Crippen LogP contribution in [-0.2, 0) is 11.3 Å². The predicted molar refractivity (Wildman–Crippen MR) is 77.6 cm³/mol. The van der Waals surface area contributed by atoms with Crippen LogP contribution in [-0.4, -0.2) is 27.9 Å². The lowest BCUT2D eigenvalue weighted by molar-refractivity contribution is -0.132. The summed E-state index contributed by atoms with van der Waals surface area (Å²) < 4.78 is 0. The topological polar surface area (TPSA) is 59.2 Å². The van der Waals surface area contributed by atoms with Gasteiger partial charge in [0.05, 0.1) is 12.2 Å². The first-order valence-corrected chi connectivity index (χ1v) is 6.81. The van der Waals surface area contributed by atoms with Crippen molar-refractivity contribution in [1.82, 2.24) is 9.88 Å². The Balaban J connectivity index is 2.60. The fourth-order valence-corrected chi connectivity index (χ4v) is 1.85. The second-order valence-electron chi connectivity index (χ2n) is 5.67. The summed E-state index contributed by atoms with van der Waals surface area (Å²) in [5.74, 6) is 0.143. The van der Waals surface area contributed by atoms with Crippen molar-refractivity contribution >= 4 is 5.91 Å². The van der Waals surface area contributed by atoms with Crippen molar-refractivity contribution in [2.45, 2.75) is 52.6 Å². The van der Waals surface area contributed by atoms with Crippen molar-refractivity contribution in [3.05, 3.63) is 29.6 Å². The van der Waals surface area contributed by atoms with Gasteiger partial charge in [-0.2, -0.15) is 0 Å². The molecule has 1 aromatic rings. The average molecular weight is 263 g/mol. The molecule has 19 heavy (non-hydrogen) atoms. The van der Waals surface area contributed by atoms with Crippen LogP contribution >= 0.6 is 0 Å². The van der Waals surface area contributed by atoms with Gasteiger partial charge >= 0.3 is 0 Å². The monoisotopic (exact) mass is 263 g/mol. The van der Waals surface area contributed by atoms with Crippen molar-refractivity contribution < 1.29 is 4.79 Å². The first-order chi connectivity index (χ1) is 8.81. The maximum Gasteiger partial charge on any atom is 0.222 e. The van der Waals surface area contributed by atoms with E-state index >= 15 is 0 Å². The fourth-order valence-electron chi connectivity index (χ4n) is 1.85. The van der Waals surface area contributed by atoms with E-state index < -0.39 is 0 Å². The molecule has 0 bridgehead atoms. The maximum atomic E-state index is 12.2. The van der Waals surface area contributed by atoms with Crippen LogP contribution in [0.15, 0.2) is 18.2 Å². The summed E-state index contributed by atoms with van der Waals surface area (Å²) in [5, 5.41) is 0. The lowest BCUT2D eigenvalue weighted by Crippen LogP contribution is -2.36. The summed E-state index contributed by atoms with van der Waals surface area (Å²) in [6.07, 6.45) is 1.19. The smallest absolute Gasteiger partial charge is 0.222 e. The Kier molecular flexibility index (Phi) is 5.48. The third kappa shape index (κ3) is 5.83. The van der Waals surface area contributed by atoms with Gasteiger partial charge in [0.2, 0.25) is 5.91 Å². The van der Waals surface area contributed by atoms with E-state index in [-0.39, 0.29) is 11.4 Å². The normalized spacial score (nSPS) is 11.4. The lowest BCUT2D eigenvalue weighted by atomic mass is 10.00. The van der Waals surface area contributed by atoms with Gasteiger partial charge in [-0.1, -0.05) is 6.07 Å². The largest absolute Gasteiger partial charge is 0.337 e. The molecule has 106 valence electrons. The van der Waals surface area contributed by atoms with Gasteiger partial charge in [-0.3, -0.25) is 9.78 Å². The number of aryl methyl sites for hydroxylation is 1. The molecule has 1 amide bonds. The molecule has 0 fully saturated rings. The summed E-state index contributed by atoms with van der Waals surface area (Å²) in [6, 6.07) is 5.88. The lowest BCUT2D eigenvalue weighted by Gasteiger charge is -2.23. The molecule has 1 aromatic heterocycles. The molecule has 4 nitrogen and oxygen atoms in total. The summed E-state index contributed by atoms with van der Waals surface area (Å²) >= 11 is 0. The van der Waals surface area contributed by atoms with E-state index in [1.165, 1.54) is 0 Å². The van der Waals surface area contributed by atoms with Gasteiger partial charge in [-0.15, -0.1) is 0 Å². The Morgan fingerprint density at radius 1 is 1.42 bits per heavy atom. The number of carbonyl (C=O) groups is 1. The molecular formula is C15H25N3O. The highest BCUT2D eigenvalue weighted by molar-refractivity contribution is 5.76. The summed E-state index contributed by atoms with van der Waals surface area (Å²) in [4.78, 5) is 18.4. The van der Waals surface area contributed by atoms with E-state index in [4.69, 9.17) is 5.73 Å². The van der Waals surface area contributed by atoms with Crippen molar-refractivity contribution in [2.75, 3.05) is 6.54 Å². The minimum absolute atomic E-state index is 0.143. The average Bonchev–Trinajstić information content (AvgIpc) is 2.32. The molecule has 0 aliphatic rings. The highest BCUT2D eigenvalue weighted by atomic mass is 16.2. The summed E-state index contributed by atoms with van der Waals surface area (Å²) in [6.45, 7) is 9.10. The van der Waals surface area contributed by atoms with Crippen LogP contribution in [0.5, 0.6) is 0 Å². The molecule has 0 spiro atoms. The number of rotatable bonds is 6. The van der Waals surface area contributed by atoms with Gasteiger partial charge in [0.1, 0.15) is 0 Å². The number of nitrogens with zero attached hydrogens (tertiary/aromatic N) is 2. The molecular weight excluding hydrogens is 238 g/mol. The summed E-state index contributed by atoms with van der Waals surface area (Å²) in [5.41, 5.74) is 7.53. The van der Waals surface area contributed by atoms with E-state index in [1.807, 2.05) is 50.8 Å². The second-order valence-corrected chi connectivity index (χ2v) is 5.67. The van der Waals surface area contributed by atoms with Crippen LogP contribution in [0.1, 0.15) is 45.0 Å². The second kappa shape index (κ2) is 6.66. The highest BCUT2D eigenvalue weighted by Gasteiger charge is 2.17. The van der Waals surface area contributed by atoms with Crippen LogP contribution < -0.4 is 5.73 Å². The Bertz CT molecular complexity index is 424. The minimum Gasteiger partial charge on any atom is -0.337 e. The number of carbonyl (C=O) groups excluding carboxylic acids is 1. The minimum atomic E-state index is -0.295. The Morgan fingerprint density at radius 3 is 2.63 bits per heavy atom. The van der Waals surface area contributed by atoms with Crippen LogP contribution in [0, 0.1) is 6.92 Å². The molecule has 2 N–H and O–H groups in total. The van der Waals surface area contributed by atoms with E-state index in [0.29, 0.717) is 25.9 Å². The highest BCUT2D eigenvalue weighted by Crippen LogP contribution is 2.11. The standard InChI is InChI=1S/C15H25N3O/c1-5-18(14(19)9-10-15(3,4)16)11-13-8-6-7-12(2)17-13/h6-8H,5,9-11,16H2,1-4H3. The molecule has 4 heteroatoms. The van der Waals surface area contributed by atoms with Crippen molar-refractivity contribution in [2.24, 2.45) is 5.73 Å². The maximum absolute atomic E-state index is 12.2. The number of amides is 1. The third-order valence-corrected chi connectivity index (χ3v) is 3.02. The molecule has 0 radical (unpaired) electrons. The number of pyridine rings is 1. The van der Waals surface area contributed by atoms with Crippen LogP contribution in [0.2, 0.25) is 0 Å². The van der Waals surface area contributed by atoms with Crippen LogP contribution in [0.25, 0.3) is 0 Å². The van der Waals surface area contributed by atoms with Crippen molar-refractivity contribution in [3.8, 4) is 0 Å². The molecule has 0 atom stereocenters. The Labute approximate surface area is 116 Å². The quantitative estimate of drug-likeness (QED) is 0.856. The number of hydrogen-bond acceptors (Lipinski definition) is 3. The van der Waals surface area contributed by atoms with E-state index in [2.05, 4.69) is 4.98 Å². The number of hydrogen-bond donors (Lipinski definition) is 1. The molecule has 0 saturated carbocycles. The number of aromatic nitrogens is 1. The fraction of sp³-hybridized carbons (Fsp3) is 0.600. The zero-order chi connectivity index (χ0) is 14.5. The SMILES string of the molecule is CCN(Cc1cccc(C)n1)C(=O)CCC(C)(C)N. The van der Waals surface area contributed by atoms with E-state index in [1.54, 1.807) is 0 Å². The Hall–Kier alpha value is -1.42. The molecule has 0 aromatic carbocycles. The molecule has 0 aliphatic heterocycles. The number of nitrogens with two attached hydrogens (primary N) is 1. The van der Waals surface area contributed by atoms with Crippen LogP contribution in [0.3, 0.4) is 0 Å². The van der Waals surface area contributed by atoms with Gasteiger partial charge in [0.25, 0.3) is 0 Å². The first kappa shape index (κ1) is 15.6.